The van der Waals surface area contributed by atoms with Gasteiger partial charge < -0.3 is 10.6 Å². The minimum Gasteiger partial charge on any atom is -0.324 e. The molecular formula is C13H18N2OS. The summed E-state index contributed by atoms with van der Waals surface area (Å²) in [6, 6.07) is 6.19. The first-order chi connectivity index (χ1) is 8.13. The number of fused-ring (bicyclic) bond motifs is 1. The molecule has 1 aliphatic heterocycles. The van der Waals surface area contributed by atoms with E-state index >= 15 is 0 Å². The molecule has 0 aliphatic carbocycles. The molecule has 0 bridgehead atoms. The fourth-order valence-electron chi connectivity index (χ4n) is 2.21. The lowest BCUT2D eigenvalue weighted by Crippen LogP contribution is -2.31. The summed E-state index contributed by atoms with van der Waals surface area (Å²) in [4.78, 5) is 13.3. The normalized spacial score (nSPS) is 16.9. The zero-order valence-electron chi connectivity index (χ0n) is 10.0. The maximum absolute atomic E-state index is 11.6. The average molecular weight is 250 g/mol. The van der Waals surface area contributed by atoms with Gasteiger partial charge in [0, 0.05) is 25.2 Å². The van der Waals surface area contributed by atoms with E-state index < -0.39 is 0 Å². The molecule has 1 aromatic rings. The van der Waals surface area contributed by atoms with E-state index in [0.717, 1.165) is 29.8 Å². The number of benzene rings is 1. The highest BCUT2D eigenvalue weighted by atomic mass is 32.1. The maximum Gasteiger partial charge on any atom is 0.227 e. The Bertz CT molecular complexity index is 433. The van der Waals surface area contributed by atoms with Gasteiger partial charge in [0.2, 0.25) is 5.91 Å². The summed E-state index contributed by atoms with van der Waals surface area (Å²) in [6.07, 6.45) is 2.28. The van der Waals surface area contributed by atoms with Crippen LogP contribution in [0.3, 0.4) is 0 Å². The fourth-order valence-corrected chi connectivity index (χ4v) is 2.49. The summed E-state index contributed by atoms with van der Waals surface area (Å²) in [7, 11) is 1.83. The first-order valence-electron chi connectivity index (χ1n) is 5.89. The van der Waals surface area contributed by atoms with Crippen LogP contribution in [0.2, 0.25) is 0 Å². The molecule has 2 N–H and O–H groups in total. The third-order valence-corrected chi connectivity index (χ3v) is 3.57. The minimum absolute atomic E-state index is 0.0423. The molecule has 1 amide bonds. The molecule has 1 atom stereocenters. The smallest absolute Gasteiger partial charge is 0.227 e. The van der Waals surface area contributed by atoms with Crippen molar-refractivity contribution in [2.45, 2.75) is 25.3 Å². The third-order valence-electron chi connectivity index (χ3n) is 3.32. The number of nitrogens with zero attached hydrogens (tertiary/aromatic N) is 1. The zero-order chi connectivity index (χ0) is 12.4. The molecule has 0 aromatic heterocycles. The summed E-state index contributed by atoms with van der Waals surface area (Å²) in [5.41, 5.74) is 9.45. The molecule has 17 heavy (non-hydrogen) atoms. The van der Waals surface area contributed by atoms with E-state index in [9.17, 15) is 4.79 Å². The Kier molecular flexibility index (Phi) is 3.74. The molecular weight excluding hydrogens is 232 g/mol. The van der Waals surface area contributed by atoms with E-state index in [-0.39, 0.29) is 11.9 Å². The maximum atomic E-state index is 11.6. The number of thiol groups is 1. The number of anilines is 1. The molecule has 0 saturated heterocycles. The van der Waals surface area contributed by atoms with Crippen LogP contribution in [0.4, 0.5) is 5.69 Å². The lowest BCUT2D eigenvalue weighted by atomic mass is 9.96. The van der Waals surface area contributed by atoms with E-state index in [2.05, 4.69) is 18.7 Å². The highest BCUT2D eigenvalue weighted by Crippen LogP contribution is 2.29. The third kappa shape index (κ3) is 2.48. The van der Waals surface area contributed by atoms with Crippen molar-refractivity contribution in [3.8, 4) is 0 Å². The van der Waals surface area contributed by atoms with Gasteiger partial charge in [0.05, 0.1) is 0 Å². The van der Waals surface area contributed by atoms with Crippen molar-refractivity contribution in [2.24, 2.45) is 5.73 Å². The molecule has 1 aromatic carbocycles. The predicted molar refractivity (Wildman–Crippen MR) is 73.6 cm³/mol. The summed E-state index contributed by atoms with van der Waals surface area (Å²) >= 11 is 4.20. The van der Waals surface area contributed by atoms with Gasteiger partial charge in [-0.1, -0.05) is 12.1 Å². The summed E-state index contributed by atoms with van der Waals surface area (Å²) in [5.74, 6) is 0.973. The van der Waals surface area contributed by atoms with Gasteiger partial charge in [-0.25, -0.2) is 0 Å². The molecule has 1 heterocycles. The van der Waals surface area contributed by atoms with Crippen molar-refractivity contribution < 1.29 is 4.79 Å². The lowest BCUT2D eigenvalue weighted by Gasteiger charge is -2.26. The largest absolute Gasteiger partial charge is 0.324 e. The Labute approximate surface area is 107 Å². The molecule has 0 spiro atoms. The highest BCUT2D eigenvalue weighted by molar-refractivity contribution is 7.80. The Morgan fingerprint density at radius 3 is 2.94 bits per heavy atom. The molecule has 3 nitrogen and oxygen atoms in total. The van der Waals surface area contributed by atoms with Crippen molar-refractivity contribution in [3.05, 3.63) is 29.3 Å². The molecule has 92 valence electrons. The van der Waals surface area contributed by atoms with Crippen LogP contribution in [0, 0.1) is 0 Å². The Morgan fingerprint density at radius 2 is 2.24 bits per heavy atom. The van der Waals surface area contributed by atoms with Crippen molar-refractivity contribution in [1.29, 1.82) is 0 Å². The second-order valence-electron chi connectivity index (χ2n) is 4.46. The second-order valence-corrected chi connectivity index (χ2v) is 4.91. The highest BCUT2D eigenvalue weighted by Gasteiger charge is 2.21. The van der Waals surface area contributed by atoms with Crippen LogP contribution in [0.1, 0.15) is 30.0 Å². The second kappa shape index (κ2) is 5.10. The zero-order valence-corrected chi connectivity index (χ0v) is 10.9. The number of nitrogens with two attached hydrogens (primary N) is 1. The topological polar surface area (TPSA) is 46.3 Å². The van der Waals surface area contributed by atoms with Crippen molar-refractivity contribution in [2.75, 3.05) is 17.7 Å². The predicted octanol–water partition coefficient (Wildman–Crippen LogP) is 1.92. The molecule has 1 aliphatic rings. The summed E-state index contributed by atoms with van der Waals surface area (Å²) in [6.45, 7) is 0. The van der Waals surface area contributed by atoms with Crippen LogP contribution in [-0.4, -0.2) is 18.7 Å². The van der Waals surface area contributed by atoms with Crippen LogP contribution in [0.15, 0.2) is 18.2 Å². The van der Waals surface area contributed by atoms with E-state index in [0.29, 0.717) is 6.42 Å². The van der Waals surface area contributed by atoms with E-state index in [1.165, 1.54) is 5.56 Å². The Balaban J connectivity index is 2.29. The monoisotopic (exact) mass is 250 g/mol. The number of amides is 1. The van der Waals surface area contributed by atoms with Gasteiger partial charge in [0.1, 0.15) is 0 Å². The van der Waals surface area contributed by atoms with Gasteiger partial charge >= 0.3 is 0 Å². The SMILES string of the molecule is CN1C(=O)CCc2cc(C(N)CCS)ccc21. The average Bonchev–Trinajstić information content (AvgIpc) is 2.34. The summed E-state index contributed by atoms with van der Waals surface area (Å²) < 4.78 is 0. The Hall–Kier alpha value is -1.00. The van der Waals surface area contributed by atoms with Crippen LogP contribution < -0.4 is 10.6 Å². The van der Waals surface area contributed by atoms with Crippen LogP contribution in [0.5, 0.6) is 0 Å². The van der Waals surface area contributed by atoms with Gasteiger partial charge in [-0.15, -0.1) is 0 Å². The number of aryl methyl sites for hydroxylation is 1. The Morgan fingerprint density at radius 1 is 1.47 bits per heavy atom. The van der Waals surface area contributed by atoms with Crippen molar-refractivity contribution in [3.63, 3.8) is 0 Å². The molecule has 1 unspecified atom stereocenters. The van der Waals surface area contributed by atoms with Crippen LogP contribution in [0.25, 0.3) is 0 Å². The van der Waals surface area contributed by atoms with Gasteiger partial charge in [-0.3, -0.25) is 4.79 Å². The number of rotatable bonds is 3. The quantitative estimate of drug-likeness (QED) is 0.805. The summed E-state index contributed by atoms with van der Waals surface area (Å²) in [5, 5.41) is 0. The number of hydrogen-bond acceptors (Lipinski definition) is 3. The van der Waals surface area contributed by atoms with Crippen LogP contribution in [-0.2, 0) is 11.2 Å². The van der Waals surface area contributed by atoms with Gasteiger partial charge in [0.25, 0.3) is 0 Å². The minimum atomic E-state index is 0.0423. The van der Waals surface area contributed by atoms with Gasteiger partial charge in [0.15, 0.2) is 0 Å². The van der Waals surface area contributed by atoms with Gasteiger partial charge in [-0.2, -0.15) is 12.6 Å². The molecule has 2 rings (SSSR count). The van der Waals surface area contributed by atoms with Crippen molar-refractivity contribution in [1.82, 2.24) is 0 Å². The lowest BCUT2D eigenvalue weighted by molar-refractivity contribution is -0.118. The van der Waals surface area contributed by atoms with Crippen LogP contribution >= 0.6 is 12.6 Å². The molecule has 0 fully saturated rings. The van der Waals surface area contributed by atoms with E-state index in [4.69, 9.17) is 5.73 Å². The number of carbonyl (C=O) groups excluding carboxylic acids is 1. The fraction of sp³-hybridized carbons (Fsp3) is 0.462. The van der Waals surface area contributed by atoms with E-state index in [1.807, 2.05) is 19.2 Å². The van der Waals surface area contributed by atoms with E-state index in [1.54, 1.807) is 4.90 Å². The molecule has 4 heteroatoms. The number of carbonyl (C=O) groups is 1. The standard InChI is InChI=1S/C13H18N2OS/c1-15-12-4-2-9(11(14)6-7-17)8-10(12)3-5-13(15)16/h2,4,8,11,17H,3,5-7,14H2,1H3. The molecule has 0 radical (unpaired) electrons. The van der Waals surface area contributed by atoms with Gasteiger partial charge in [-0.05, 0) is 35.8 Å². The number of hydrogen-bond donors (Lipinski definition) is 2. The van der Waals surface area contributed by atoms with Crippen molar-refractivity contribution >= 4 is 24.2 Å². The first kappa shape index (κ1) is 12.5. The molecule has 0 saturated carbocycles. The first-order valence-corrected chi connectivity index (χ1v) is 6.52.